The summed E-state index contributed by atoms with van der Waals surface area (Å²) in [5.41, 5.74) is 2.45. The summed E-state index contributed by atoms with van der Waals surface area (Å²) < 4.78 is 37.7. The van der Waals surface area contributed by atoms with Crippen LogP contribution in [0.5, 0.6) is 5.75 Å². The minimum absolute atomic E-state index is 0. The van der Waals surface area contributed by atoms with Crippen LogP contribution in [0.25, 0.3) is 0 Å². The number of rotatable bonds is 8. The first-order valence-corrected chi connectivity index (χ1v) is 10.8. The molecule has 0 spiro atoms. The van der Waals surface area contributed by atoms with E-state index in [1.807, 2.05) is 6.07 Å². The number of nitrogens with zero attached hydrogens (tertiary/aromatic N) is 2. The fraction of sp³-hybridized carbons (Fsp3) is 0.458. The van der Waals surface area contributed by atoms with Gasteiger partial charge in [0.2, 0.25) is 0 Å². The molecule has 1 aliphatic heterocycles. The Morgan fingerprint density at radius 2 is 1.79 bits per heavy atom. The van der Waals surface area contributed by atoms with Crippen molar-refractivity contribution in [1.82, 2.24) is 15.5 Å². The predicted molar refractivity (Wildman–Crippen MR) is 137 cm³/mol. The van der Waals surface area contributed by atoms with E-state index in [0.717, 1.165) is 49.6 Å². The summed E-state index contributed by atoms with van der Waals surface area (Å²) >= 11 is 0. The lowest BCUT2D eigenvalue weighted by Crippen LogP contribution is -2.48. The molecule has 33 heavy (non-hydrogen) atoms. The van der Waals surface area contributed by atoms with E-state index in [1.165, 1.54) is 13.2 Å². The number of hydrogen-bond acceptors (Lipinski definition) is 4. The summed E-state index contributed by atoms with van der Waals surface area (Å²) in [6, 6.07) is 10.5. The number of halogens is 3. The van der Waals surface area contributed by atoms with Gasteiger partial charge in [0.15, 0.2) is 17.5 Å². The van der Waals surface area contributed by atoms with E-state index in [9.17, 15) is 8.78 Å². The van der Waals surface area contributed by atoms with E-state index in [2.05, 4.69) is 20.5 Å². The molecule has 0 unspecified atom stereocenters. The molecule has 182 valence electrons. The zero-order valence-corrected chi connectivity index (χ0v) is 21.7. The van der Waals surface area contributed by atoms with Crippen molar-refractivity contribution in [2.45, 2.75) is 38.6 Å². The van der Waals surface area contributed by atoms with Crippen molar-refractivity contribution in [2.24, 2.45) is 4.99 Å². The van der Waals surface area contributed by atoms with Crippen molar-refractivity contribution in [3.63, 3.8) is 0 Å². The van der Waals surface area contributed by atoms with E-state index in [1.54, 1.807) is 38.4 Å². The van der Waals surface area contributed by atoms with Gasteiger partial charge in [-0.3, -0.25) is 9.89 Å². The molecular formula is C24H33F2IN4O2. The zero-order valence-electron chi connectivity index (χ0n) is 19.4. The summed E-state index contributed by atoms with van der Waals surface area (Å²) in [6.45, 7) is 3.34. The van der Waals surface area contributed by atoms with Gasteiger partial charge in [-0.1, -0.05) is 12.1 Å². The first-order chi connectivity index (χ1) is 15.5. The van der Waals surface area contributed by atoms with Crippen molar-refractivity contribution in [2.75, 3.05) is 34.4 Å². The number of nitrogens with one attached hydrogen (secondary N) is 2. The third-order valence-corrected chi connectivity index (χ3v) is 5.64. The second kappa shape index (κ2) is 13.7. The molecule has 2 aromatic carbocycles. The number of benzene rings is 2. The molecule has 2 aromatic rings. The summed E-state index contributed by atoms with van der Waals surface area (Å²) in [5, 5.41) is 6.77. The summed E-state index contributed by atoms with van der Waals surface area (Å²) in [7, 11) is 4.76. The van der Waals surface area contributed by atoms with Gasteiger partial charge in [-0.05, 0) is 48.2 Å². The zero-order chi connectivity index (χ0) is 22.9. The van der Waals surface area contributed by atoms with Crippen LogP contribution in [0.1, 0.15) is 29.5 Å². The van der Waals surface area contributed by atoms with Crippen LogP contribution in [-0.4, -0.2) is 51.3 Å². The van der Waals surface area contributed by atoms with Gasteiger partial charge >= 0.3 is 0 Å². The normalized spacial score (nSPS) is 15.1. The maximum Gasteiger partial charge on any atom is 0.191 e. The molecular weight excluding hydrogens is 541 g/mol. The van der Waals surface area contributed by atoms with E-state index in [0.29, 0.717) is 18.2 Å². The quantitative estimate of drug-likeness (QED) is 0.283. The topological polar surface area (TPSA) is 58.1 Å². The van der Waals surface area contributed by atoms with Crippen LogP contribution in [0.4, 0.5) is 8.78 Å². The van der Waals surface area contributed by atoms with E-state index >= 15 is 0 Å². The standard InChI is InChI=1S/C24H32F2N4O2.HI/c1-27-24(28-14-17-4-6-21(25)19(12-17)16-31-2)29-20-8-10-30(11-9-20)15-18-5-7-23(32-3)22(26)13-18;/h4-7,12-13,20H,8-11,14-16H2,1-3H3,(H2,27,28,29);1H. The van der Waals surface area contributed by atoms with Crippen molar-refractivity contribution in [1.29, 1.82) is 0 Å². The number of hydrogen-bond donors (Lipinski definition) is 2. The van der Waals surface area contributed by atoms with Crippen molar-refractivity contribution >= 4 is 29.9 Å². The molecule has 1 saturated heterocycles. The molecule has 0 saturated carbocycles. The second-order valence-corrected chi connectivity index (χ2v) is 7.95. The maximum absolute atomic E-state index is 13.9. The van der Waals surface area contributed by atoms with Crippen LogP contribution in [-0.2, 0) is 24.4 Å². The molecule has 9 heteroatoms. The van der Waals surface area contributed by atoms with Gasteiger partial charge in [0.05, 0.1) is 13.7 Å². The number of guanidine groups is 1. The Morgan fingerprint density at radius 1 is 1.06 bits per heavy atom. The molecule has 0 aliphatic carbocycles. The minimum Gasteiger partial charge on any atom is -0.494 e. The molecule has 1 heterocycles. The molecule has 1 aliphatic rings. The van der Waals surface area contributed by atoms with Gasteiger partial charge in [-0.2, -0.15) is 0 Å². The first kappa shape index (κ1) is 27.3. The van der Waals surface area contributed by atoms with Crippen LogP contribution in [0, 0.1) is 11.6 Å². The fourth-order valence-electron chi connectivity index (χ4n) is 3.88. The highest BCUT2D eigenvalue weighted by Crippen LogP contribution is 2.20. The average Bonchev–Trinajstić information content (AvgIpc) is 2.80. The molecule has 0 radical (unpaired) electrons. The largest absolute Gasteiger partial charge is 0.494 e. The Balaban J connectivity index is 0.00000385. The van der Waals surface area contributed by atoms with Gasteiger partial charge in [0.1, 0.15) is 5.82 Å². The lowest BCUT2D eigenvalue weighted by atomic mass is 10.0. The third-order valence-electron chi connectivity index (χ3n) is 5.64. The van der Waals surface area contributed by atoms with Crippen LogP contribution in [0.3, 0.4) is 0 Å². The van der Waals surface area contributed by atoms with Crippen LogP contribution < -0.4 is 15.4 Å². The van der Waals surface area contributed by atoms with Gasteiger partial charge in [-0.15, -0.1) is 24.0 Å². The predicted octanol–water partition coefficient (Wildman–Crippen LogP) is 4.07. The van der Waals surface area contributed by atoms with Crippen LogP contribution in [0.2, 0.25) is 0 Å². The molecule has 0 bridgehead atoms. The van der Waals surface area contributed by atoms with Crippen molar-refractivity contribution in [3.05, 3.63) is 64.7 Å². The van der Waals surface area contributed by atoms with Crippen LogP contribution in [0.15, 0.2) is 41.4 Å². The van der Waals surface area contributed by atoms with Crippen molar-refractivity contribution < 1.29 is 18.3 Å². The number of likely N-dealkylation sites (tertiary alicyclic amines) is 1. The fourth-order valence-corrected chi connectivity index (χ4v) is 3.88. The Kier molecular flexibility index (Phi) is 11.3. The Bertz CT molecular complexity index is 921. The highest BCUT2D eigenvalue weighted by atomic mass is 127. The maximum atomic E-state index is 13.9. The lowest BCUT2D eigenvalue weighted by molar-refractivity contribution is 0.181. The van der Waals surface area contributed by atoms with E-state index in [4.69, 9.17) is 9.47 Å². The number of ether oxygens (including phenoxy) is 2. The molecule has 0 atom stereocenters. The summed E-state index contributed by atoms with van der Waals surface area (Å²) in [5.74, 6) is 0.401. The highest BCUT2D eigenvalue weighted by molar-refractivity contribution is 14.0. The Labute approximate surface area is 211 Å². The summed E-state index contributed by atoms with van der Waals surface area (Å²) in [4.78, 5) is 6.64. The number of aliphatic imine (C=N–C) groups is 1. The highest BCUT2D eigenvalue weighted by Gasteiger charge is 2.20. The van der Waals surface area contributed by atoms with Crippen LogP contribution >= 0.6 is 24.0 Å². The van der Waals surface area contributed by atoms with Crippen molar-refractivity contribution in [3.8, 4) is 5.75 Å². The second-order valence-electron chi connectivity index (χ2n) is 7.95. The molecule has 2 N–H and O–H groups in total. The molecule has 1 fully saturated rings. The molecule has 0 aromatic heterocycles. The smallest absolute Gasteiger partial charge is 0.191 e. The van der Waals surface area contributed by atoms with Gasteiger partial charge in [-0.25, -0.2) is 8.78 Å². The number of piperidine rings is 1. The van der Waals surface area contributed by atoms with Gasteiger partial charge < -0.3 is 20.1 Å². The molecule has 6 nitrogen and oxygen atoms in total. The molecule has 0 amide bonds. The van der Waals surface area contributed by atoms with E-state index in [-0.39, 0.29) is 48.0 Å². The third kappa shape index (κ3) is 8.08. The Morgan fingerprint density at radius 3 is 2.42 bits per heavy atom. The minimum atomic E-state index is -0.327. The lowest BCUT2D eigenvalue weighted by Gasteiger charge is -2.33. The Hall–Kier alpha value is -1.98. The number of methoxy groups -OCH3 is 2. The van der Waals surface area contributed by atoms with Gasteiger partial charge in [0.25, 0.3) is 0 Å². The van der Waals surface area contributed by atoms with E-state index < -0.39 is 0 Å². The molecule has 3 rings (SSSR count). The average molecular weight is 574 g/mol. The summed E-state index contributed by atoms with van der Waals surface area (Å²) in [6.07, 6.45) is 1.93. The van der Waals surface area contributed by atoms with Gasteiger partial charge in [0, 0.05) is 51.9 Å². The first-order valence-electron chi connectivity index (χ1n) is 10.8. The SMILES string of the molecule is CN=C(NCc1ccc(F)c(COC)c1)NC1CCN(Cc2ccc(OC)c(F)c2)CC1.I. The monoisotopic (exact) mass is 574 g/mol.